The molecule has 0 atom stereocenters. The Morgan fingerprint density at radius 2 is 1.00 bits per heavy atom. The van der Waals surface area contributed by atoms with Gasteiger partial charge >= 0.3 is 11.9 Å². The summed E-state index contributed by atoms with van der Waals surface area (Å²) in [5.74, 6) is -1.75. The molecule has 0 unspecified atom stereocenters. The number of carbonyl (C=O) groups excluding carboxylic acids is 2. The molecule has 4 nitrogen and oxygen atoms in total. The van der Waals surface area contributed by atoms with Crippen molar-refractivity contribution in [3.63, 3.8) is 0 Å². The molecule has 0 aromatic carbocycles. The standard InChI is InChI=1S/C12H22O4/c1-5-9(6-2)15-11(13)12(14)16-10(7-3)8-4/h9-10H,5-8H2,1-4H3. The Morgan fingerprint density at radius 3 is 1.19 bits per heavy atom. The van der Waals surface area contributed by atoms with E-state index in [2.05, 4.69) is 0 Å². The van der Waals surface area contributed by atoms with Crippen LogP contribution in [0.5, 0.6) is 0 Å². The molecule has 0 saturated heterocycles. The molecule has 4 heteroatoms. The average Bonchev–Trinajstić information content (AvgIpc) is 2.32. The van der Waals surface area contributed by atoms with Crippen LogP contribution >= 0.6 is 0 Å². The first-order valence-electron chi connectivity index (χ1n) is 6.00. The highest BCUT2D eigenvalue weighted by atomic mass is 16.6. The Balaban J connectivity index is 4.12. The minimum Gasteiger partial charge on any atom is -0.454 e. The van der Waals surface area contributed by atoms with Crippen LogP contribution < -0.4 is 0 Å². The topological polar surface area (TPSA) is 52.6 Å². The molecule has 0 aliphatic carbocycles. The quantitative estimate of drug-likeness (QED) is 0.519. The van der Waals surface area contributed by atoms with Gasteiger partial charge in [0.15, 0.2) is 0 Å². The number of hydrogen-bond acceptors (Lipinski definition) is 4. The minimum absolute atomic E-state index is 0.193. The van der Waals surface area contributed by atoms with Crippen molar-refractivity contribution in [2.24, 2.45) is 0 Å². The summed E-state index contributed by atoms with van der Waals surface area (Å²) < 4.78 is 9.97. The van der Waals surface area contributed by atoms with Crippen LogP contribution in [0.4, 0.5) is 0 Å². The lowest BCUT2D eigenvalue weighted by molar-refractivity contribution is -0.174. The molecule has 0 spiro atoms. The monoisotopic (exact) mass is 230 g/mol. The zero-order chi connectivity index (χ0) is 12.6. The number of esters is 2. The van der Waals surface area contributed by atoms with Crippen LogP contribution in [0.25, 0.3) is 0 Å². The molecule has 0 saturated carbocycles. The van der Waals surface area contributed by atoms with Crippen LogP contribution in [0, 0.1) is 0 Å². The average molecular weight is 230 g/mol. The smallest absolute Gasteiger partial charge is 0.417 e. The summed E-state index contributed by atoms with van der Waals surface area (Å²) >= 11 is 0. The highest BCUT2D eigenvalue weighted by Crippen LogP contribution is 2.07. The summed E-state index contributed by atoms with van der Waals surface area (Å²) in [6, 6.07) is 0. The lowest BCUT2D eigenvalue weighted by Crippen LogP contribution is -2.28. The Morgan fingerprint density at radius 1 is 0.750 bits per heavy atom. The van der Waals surface area contributed by atoms with E-state index in [4.69, 9.17) is 9.47 Å². The van der Waals surface area contributed by atoms with Crippen molar-refractivity contribution in [2.45, 2.75) is 65.6 Å². The van der Waals surface area contributed by atoms with E-state index < -0.39 is 11.9 Å². The second-order valence-electron chi connectivity index (χ2n) is 3.69. The maximum absolute atomic E-state index is 11.3. The number of rotatable bonds is 6. The van der Waals surface area contributed by atoms with Gasteiger partial charge in [0.1, 0.15) is 12.2 Å². The Hall–Kier alpha value is -1.06. The third-order valence-corrected chi connectivity index (χ3v) is 2.54. The van der Waals surface area contributed by atoms with Crippen LogP contribution in [0.3, 0.4) is 0 Å². The first-order valence-corrected chi connectivity index (χ1v) is 6.00. The van der Waals surface area contributed by atoms with Gasteiger partial charge in [0.2, 0.25) is 0 Å². The molecule has 16 heavy (non-hydrogen) atoms. The summed E-state index contributed by atoms with van der Waals surface area (Å²) in [6.07, 6.45) is 2.45. The van der Waals surface area contributed by atoms with Crippen molar-refractivity contribution in [1.82, 2.24) is 0 Å². The normalized spacial score (nSPS) is 10.6. The maximum atomic E-state index is 11.3. The van der Waals surface area contributed by atoms with Crippen molar-refractivity contribution < 1.29 is 19.1 Å². The van der Waals surface area contributed by atoms with Crippen LogP contribution in [-0.2, 0) is 19.1 Å². The molecular formula is C12H22O4. The van der Waals surface area contributed by atoms with Gasteiger partial charge in [0.25, 0.3) is 0 Å². The maximum Gasteiger partial charge on any atom is 0.417 e. The molecule has 0 rings (SSSR count). The first kappa shape index (κ1) is 14.9. The van der Waals surface area contributed by atoms with Gasteiger partial charge in [0, 0.05) is 0 Å². The van der Waals surface area contributed by atoms with Crippen molar-refractivity contribution in [3.05, 3.63) is 0 Å². The van der Waals surface area contributed by atoms with Gasteiger partial charge in [-0.1, -0.05) is 27.7 Å². The highest BCUT2D eigenvalue weighted by Gasteiger charge is 2.23. The van der Waals surface area contributed by atoms with Crippen molar-refractivity contribution in [2.75, 3.05) is 0 Å². The van der Waals surface area contributed by atoms with Crippen molar-refractivity contribution in [1.29, 1.82) is 0 Å². The predicted molar refractivity (Wildman–Crippen MR) is 60.9 cm³/mol. The molecule has 94 valence electrons. The fourth-order valence-corrected chi connectivity index (χ4v) is 1.31. The number of carbonyl (C=O) groups is 2. The molecule has 0 N–H and O–H groups in total. The largest absolute Gasteiger partial charge is 0.454 e. The molecule has 0 bridgehead atoms. The Kier molecular flexibility index (Phi) is 7.60. The van der Waals surface area contributed by atoms with E-state index >= 15 is 0 Å². The van der Waals surface area contributed by atoms with Gasteiger partial charge in [-0.2, -0.15) is 0 Å². The summed E-state index contributed by atoms with van der Waals surface area (Å²) in [7, 11) is 0. The summed E-state index contributed by atoms with van der Waals surface area (Å²) in [6.45, 7) is 7.64. The second kappa shape index (κ2) is 8.13. The molecule has 0 aliphatic rings. The van der Waals surface area contributed by atoms with Gasteiger partial charge in [0.05, 0.1) is 0 Å². The van der Waals surface area contributed by atoms with E-state index in [0.717, 1.165) is 0 Å². The van der Waals surface area contributed by atoms with E-state index in [1.165, 1.54) is 0 Å². The van der Waals surface area contributed by atoms with Crippen LogP contribution in [-0.4, -0.2) is 24.1 Å². The lowest BCUT2D eigenvalue weighted by atomic mass is 10.2. The van der Waals surface area contributed by atoms with Gasteiger partial charge in [-0.3, -0.25) is 0 Å². The van der Waals surface area contributed by atoms with Gasteiger partial charge in [-0.15, -0.1) is 0 Å². The molecule has 0 aliphatic heterocycles. The van der Waals surface area contributed by atoms with E-state index in [0.29, 0.717) is 25.7 Å². The van der Waals surface area contributed by atoms with Gasteiger partial charge in [-0.25, -0.2) is 9.59 Å². The molecule has 0 aromatic heterocycles. The number of ether oxygens (including phenoxy) is 2. The van der Waals surface area contributed by atoms with Gasteiger partial charge < -0.3 is 9.47 Å². The second-order valence-corrected chi connectivity index (χ2v) is 3.69. The third kappa shape index (κ3) is 5.14. The van der Waals surface area contributed by atoms with E-state index in [1.54, 1.807) is 0 Å². The molecule has 0 aromatic rings. The zero-order valence-electron chi connectivity index (χ0n) is 10.6. The van der Waals surface area contributed by atoms with Gasteiger partial charge in [-0.05, 0) is 25.7 Å². The van der Waals surface area contributed by atoms with Crippen LogP contribution in [0.15, 0.2) is 0 Å². The minimum atomic E-state index is -0.874. The van der Waals surface area contributed by atoms with Crippen molar-refractivity contribution >= 4 is 11.9 Å². The molecule has 0 radical (unpaired) electrons. The lowest BCUT2D eigenvalue weighted by Gasteiger charge is -2.16. The Labute approximate surface area is 97.3 Å². The SMILES string of the molecule is CCC(CC)OC(=O)C(=O)OC(CC)CC. The van der Waals surface area contributed by atoms with E-state index in [-0.39, 0.29) is 12.2 Å². The zero-order valence-corrected chi connectivity index (χ0v) is 10.6. The molecule has 0 fully saturated rings. The Bertz CT molecular complexity index is 193. The first-order chi connectivity index (χ1) is 7.58. The molecular weight excluding hydrogens is 208 g/mol. The fourth-order valence-electron chi connectivity index (χ4n) is 1.31. The fraction of sp³-hybridized carbons (Fsp3) is 0.833. The van der Waals surface area contributed by atoms with E-state index in [1.807, 2.05) is 27.7 Å². The third-order valence-electron chi connectivity index (χ3n) is 2.54. The summed E-state index contributed by atoms with van der Waals surface area (Å²) in [4.78, 5) is 22.7. The highest BCUT2D eigenvalue weighted by molar-refractivity contribution is 6.29. The van der Waals surface area contributed by atoms with Crippen molar-refractivity contribution in [3.8, 4) is 0 Å². The number of hydrogen-bond donors (Lipinski definition) is 0. The molecule has 0 heterocycles. The summed E-state index contributed by atoms with van der Waals surface area (Å²) in [5.41, 5.74) is 0. The summed E-state index contributed by atoms with van der Waals surface area (Å²) in [5, 5.41) is 0. The van der Waals surface area contributed by atoms with Crippen LogP contribution in [0.2, 0.25) is 0 Å². The van der Waals surface area contributed by atoms with E-state index in [9.17, 15) is 9.59 Å². The van der Waals surface area contributed by atoms with Crippen LogP contribution in [0.1, 0.15) is 53.4 Å². The predicted octanol–water partition coefficient (Wildman–Crippen LogP) is 2.45. The molecule has 0 amide bonds.